The first-order valence-corrected chi connectivity index (χ1v) is 12.0. The molecule has 0 heterocycles. The Morgan fingerprint density at radius 3 is 2.37 bits per heavy atom. The smallest absolute Gasteiger partial charge is 0.148 e. The van der Waals surface area contributed by atoms with E-state index in [-0.39, 0.29) is 0 Å². The van der Waals surface area contributed by atoms with Crippen LogP contribution in [-0.4, -0.2) is 23.6 Å². The molecule has 0 fully saturated rings. The van der Waals surface area contributed by atoms with E-state index in [2.05, 4.69) is 23.5 Å². The first kappa shape index (κ1) is 26.8. The Labute approximate surface area is 222 Å². The number of benzene rings is 3. The number of aryl methyl sites for hydroxylation is 1. The van der Waals surface area contributed by atoms with E-state index in [1.165, 1.54) is 6.92 Å². The minimum atomic E-state index is -1.59. The number of aliphatic hydroxyl groups is 1. The number of halogens is 3. The molecule has 0 spiro atoms. The summed E-state index contributed by atoms with van der Waals surface area (Å²) in [6.45, 7) is 11.5. The van der Waals surface area contributed by atoms with E-state index in [4.69, 9.17) is 34.8 Å². The van der Waals surface area contributed by atoms with E-state index < -0.39 is 11.0 Å². The van der Waals surface area contributed by atoms with Crippen molar-refractivity contribution in [1.29, 1.82) is 0 Å². The maximum Gasteiger partial charge on any atom is 0.148 e. The zero-order chi connectivity index (χ0) is 25.8. The average Bonchev–Trinajstić information content (AvgIpc) is 2.77. The topological polar surface area (TPSA) is 47.9 Å². The van der Waals surface area contributed by atoms with Crippen molar-refractivity contribution in [2.24, 2.45) is 4.99 Å². The van der Waals surface area contributed by atoms with Crippen LogP contribution in [0.5, 0.6) is 0 Å². The van der Waals surface area contributed by atoms with Crippen molar-refractivity contribution >= 4 is 52.5 Å². The highest BCUT2D eigenvalue weighted by atomic mass is 35.5. The average molecular weight is 529 g/mol. The van der Waals surface area contributed by atoms with Gasteiger partial charge in [-0.25, -0.2) is 0 Å². The number of nitrogens with one attached hydrogen (secondary N) is 1. The molecule has 2 unspecified atom stereocenters. The third-order valence-electron chi connectivity index (χ3n) is 5.46. The number of hydrogen-bond donors (Lipinski definition) is 2. The molecule has 3 aromatic rings. The van der Waals surface area contributed by atoms with Gasteiger partial charge in [0.05, 0.1) is 12.3 Å². The zero-order valence-corrected chi connectivity index (χ0v) is 22.2. The summed E-state index contributed by atoms with van der Waals surface area (Å²) in [4.78, 5) is 5.86. The van der Waals surface area contributed by atoms with Crippen molar-refractivity contribution in [2.75, 3.05) is 17.3 Å². The molecule has 182 valence electrons. The molecule has 0 aromatic heterocycles. The normalized spacial score (nSPS) is 13.8. The van der Waals surface area contributed by atoms with Crippen molar-refractivity contribution in [1.82, 2.24) is 0 Å². The SMILES string of the molecule is C=CN(/C=N\C)c1ccc(-c2cc(NC(=C)C(c3cc(C)cc(Cl)c3)C(C)(O)Cl)ccc2Cl)cc1. The lowest BCUT2D eigenvalue weighted by Gasteiger charge is -2.30. The van der Waals surface area contributed by atoms with Gasteiger partial charge in [-0.1, -0.05) is 66.2 Å². The monoisotopic (exact) mass is 527 g/mol. The predicted molar refractivity (Wildman–Crippen MR) is 152 cm³/mol. The Morgan fingerprint density at radius 1 is 1.11 bits per heavy atom. The van der Waals surface area contributed by atoms with Gasteiger partial charge in [-0.2, -0.15) is 0 Å². The largest absolute Gasteiger partial charge is 0.374 e. The van der Waals surface area contributed by atoms with Gasteiger partial charge in [0.1, 0.15) is 5.06 Å². The molecule has 4 nitrogen and oxygen atoms in total. The van der Waals surface area contributed by atoms with Crippen LogP contribution in [0.15, 0.2) is 90.7 Å². The van der Waals surface area contributed by atoms with Gasteiger partial charge in [-0.3, -0.25) is 4.99 Å². The van der Waals surface area contributed by atoms with Gasteiger partial charge in [0.15, 0.2) is 0 Å². The second-order valence-corrected chi connectivity index (χ2v) is 9.98. The van der Waals surface area contributed by atoms with Crippen LogP contribution in [0.3, 0.4) is 0 Å². The summed E-state index contributed by atoms with van der Waals surface area (Å²) in [5.74, 6) is -0.620. The Bertz CT molecular complexity index is 1230. The van der Waals surface area contributed by atoms with Gasteiger partial charge >= 0.3 is 0 Å². The number of aliphatic imine (C=N–C) groups is 1. The number of rotatable bonds is 9. The van der Waals surface area contributed by atoms with Crippen LogP contribution in [0.4, 0.5) is 11.4 Å². The van der Waals surface area contributed by atoms with Crippen LogP contribution >= 0.6 is 34.8 Å². The van der Waals surface area contributed by atoms with Crippen LogP contribution < -0.4 is 10.2 Å². The molecule has 0 aliphatic carbocycles. The molecule has 0 saturated carbocycles. The lowest BCUT2D eigenvalue weighted by molar-refractivity contribution is 0.130. The molecule has 3 aromatic carbocycles. The van der Waals surface area contributed by atoms with Crippen molar-refractivity contribution in [3.63, 3.8) is 0 Å². The number of hydrogen-bond acceptors (Lipinski definition) is 3. The Balaban J connectivity index is 1.91. The maximum absolute atomic E-state index is 10.7. The molecule has 35 heavy (non-hydrogen) atoms. The van der Waals surface area contributed by atoms with Crippen molar-refractivity contribution in [3.05, 3.63) is 107 Å². The minimum absolute atomic E-state index is 0.524. The fourth-order valence-corrected chi connectivity index (χ4v) is 4.78. The minimum Gasteiger partial charge on any atom is -0.374 e. The summed E-state index contributed by atoms with van der Waals surface area (Å²) in [6, 6.07) is 19.1. The highest BCUT2D eigenvalue weighted by Crippen LogP contribution is 2.39. The van der Waals surface area contributed by atoms with E-state index in [9.17, 15) is 5.11 Å². The van der Waals surface area contributed by atoms with E-state index in [1.54, 1.807) is 25.7 Å². The van der Waals surface area contributed by atoms with E-state index >= 15 is 0 Å². The first-order chi connectivity index (χ1) is 16.5. The van der Waals surface area contributed by atoms with Gasteiger partial charge in [0.25, 0.3) is 0 Å². The molecule has 0 saturated heterocycles. The number of anilines is 2. The Morgan fingerprint density at radius 2 is 1.80 bits per heavy atom. The van der Waals surface area contributed by atoms with Gasteiger partial charge < -0.3 is 15.3 Å². The van der Waals surface area contributed by atoms with Crippen LogP contribution in [0.25, 0.3) is 11.1 Å². The first-order valence-electron chi connectivity index (χ1n) is 10.9. The summed E-state index contributed by atoms with van der Waals surface area (Å²) in [6.07, 6.45) is 3.38. The highest BCUT2D eigenvalue weighted by Gasteiger charge is 2.34. The lowest BCUT2D eigenvalue weighted by atomic mass is 9.89. The zero-order valence-electron chi connectivity index (χ0n) is 19.9. The molecule has 7 heteroatoms. The van der Waals surface area contributed by atoms with Crippen molar-refractivity contribution in [2.45, 2.75) is 24.8 Å². The maximum atomic E-state index is 10.7. The van der Waals surface area contributed by atoms with E-state index in [1.807, 2.05) is 66.4 Å². The molecule has 2 N–H and O–H groups in total. The van der Waals surface area contributed by atoms with Gasteiger partial charge in [0, 0.05) is 45.9 Å². The van der Waals surface area contributed by atoms with Crippen LogP contribution in [-0.2, 0) is 0 Å². The fourth-order valence-electron chi connectivity index (χ4n) is 3.99. The molecule has 0 aliphatic heterocycles. The number of nitrogens with zero attached hydrogens (tertiary/aromatic N) is 2. The summed E-state index contributed by atoms with van der Waals surface area (Å²) < 4.78 is 0. The molecule has 2 atom stereocenters. The molecule has 0 aliphatic rings. The third-order valence-corrected chi connectivity index (χ3v) is 6.22. The molecule has 0 bridgehead atoms. The van der Waals surface area contributed by atoms with Gasteiger partial charge in [-0.05, 0) is 73.0 Å². The second-order valence-electron chi connectivity index (χ2n) is 8.37. The molecular weight excluding hydrogens is 501 g/mol. The summed E-state index contributed by atoms with van der Waals surface area (Å²) in [5, 5.41) is 13.6. The second kappa shape index (κ2) is 11.3. The molecular formula is C28H28Cl3N3O. The van der Waals surface area contributed by atoms with Crippen molar-refractivity contribution < 1.29 is 5.11 Å². The van der Waals surface area contributed by atoms with E-state index in [0.29, 0.717) is 15.7 Å². The predicted octanol–water partition coefficient (Wildman–Crippen LogP) is 8.23. The van der Waals surface area contributed by atoms with E-state index in [0.717, 1.165) is 33.6 Å². The van der Waals surface area contributed by atoms with Crippen LogP contribution in [0.1, 0.15) is 24.0 Å². The van der Waals surface area contributed by atoms with Crippen molar-refractivity contribution in [3.8, 4) is 11.1 Å². The standard InChI is InChI=1S/C28H28Cl3N3O/c1-6-34(17-32-5)24-10-7-20(8-11-24)25-16-23(9-12-26(25)30)33-19(3)27(28(4,31)35)21-13-18(2)14-22(29)15-21/h6-17,27,33,35H,1,3H2,2,4-5H3/b32-17-. The summed E-state index contributed by atoms with van der Waals surface area (Å²) >= 11 is 19.2. The summed E-state index contributed by atoms with van der Waals surface area (Å²) in [7, 11) is 1.71. The third kappa shape index (κ3) is 6.68. The molecule has 0 radical (unpaired) electrons. The number of alkyl halides is 1. The summed E-state index contributed by atoms with van der Waals surface area (Å²) in [5.41, 5.74) is 5.72. The lowest BCUT2D eigenvalue weighted by Crippen LogP contribution is -2.30. The fraction of sp³-hybridized carbons (Fsp3) is 0.179. The molecule has 3 rings (SSSR count). The quantitative estimate of drug-likeness (QED) is 0.167. The van der Waals surface area contributed by atoms with Gasteiger partial charge in [-0.15, -0.1) is 0 Å². The molecule has 0 amide bonds. The van der Waals surface area contributed by atoms with Crippen LogP contribution in [0.2, 0.25) is 10.0 Å². The Kier molecular flexibility index (Phi) is 8.68. The van der Waals surface area contributed by atoms with Crippen LogP contribution in [0, 0.1) is 6.92 Å². The highest BCUT2D eigenvalue weighted by molar-refractivity contribution is 6.33. The van der Waals surface area contributed by atoms with Gasteiger partial charge in [0.2, 0.25) is 0 Å². The Hall–Kier alpha value is -2.76.